The van der Waals surface area contributed by atoms with Crippen molar-refractivity contribution in [1.29, 1.82) is 0 Å². The molecular weight excluding hydrogens is 411 g/mol. The predicted molar refractivity (Wildman–Crippen MR) is 96.1 cm³/mol. The molecule has 3 heterocycles. The summed E-state index contributed by atoms with van der Waals surface area (Å²) in [7, 11) is -3.07. The molecule has 15 heteroatoms. The maximum atomic E-state index is 12.0. The van der Waals surface area contributed by atoms with Crippen LogP contribution in [0.15, 0.2) is 12.7 Å². The molecule has 0 amide bonds. The first-order chi connectivity index (χ1) is 13.7. The highest BCUT2D eigenvalue weighted by atomic mass is 31.2. The van der Waals surface area contributed by atoms with Crippen molar-refractivity contribution in [3.8, 4) is 0 Å². The van der Waals surface area contributed by atoms with E-state index in [1.807, 2.05) is 0 Å². The van der Waals surface area contributed by atoms with Gasteiger partial charge in [0.1, 0.15) is 30.2 Å². The third-order valence-corrected chi connectivity index (χ3v) is 5.40. The van der Waals surface area contributed by atoms with E-state index in [-0.39, 0.29) is 24.4 Å². The number of aliphatic hydroxyl groups is 2. The van der Waals surface area contributed by atoms with E-state index in [1.165, 1.54) is 24.3 Å². The van der Waals surface area contributed by atoms with Gasteiger partial charge < -0.3 is 30.3 Å². The molecule has 1 unspecified atom stereocenters. The fourth-order valence-corrected chi connectivity index (χ4v) is 3.61. The Morgan fingerprint density at radius 3 is 2.86 bits per heavy atom. The topological polar surface area (TPSA) is 204 Å². The lowest BCUT2D eigenvalue weighted by Crippen LogP contribution is -2.34. The van der Waals surface area contributed by atoms with Crippen molar-refractivity contribution in [2.24, 2.45) is 0 Å². The predicted octanol–water partition coefficient (Wildman–Crippen LogP) is -1.70. The summed E-state index contributed by atoms with van der Waals surface area (Å²) in [6, 6.07) is 0. The third-order valence-electron chi connectivity index (χ3n) is 4.28. The average Bonchev–Trinajstić information content (AvgIpc) is 3.23. The molecule has 160 valence electrons. The second kappa shape index (κ2) is 8.67. The van der Waals surface area contributed by atoms with Crippen LogP contribution in [0.4, 0.5) is 5.82 Å². The van der Waals surface area contributed by atoms with Crippen molar-refractivity contribution in [1.82, 2.24) is 24.6 Å². The quantitative estimate of drug-likeness (QED) is 0.233. The molecule has 1 fully saturated rings. The van der Waals surface area contributed by atoms with E-state index in [2.05, 4.69) is 24.8 Å². The van der Waals surface area contributed by atoms with E-state index >= 15 is 0 Å². The number of nitrogens with zero attached hydrogens (tertiary/aromatic N) is 4. The van der Waals surface area contributed by atoms with E-state index in [9.17, 15) is 24.5 Å². The Morgan fingerprint density at radius 2 is 2.14 bits per heavy atom. The summed E-state index contributed by atoms with van der Waals surface area (Å²) in [4.78, 5) is 32.7. The van der Waals surface area contributed by atoms with Crippen LogP contribution in [0.1, 0.15) is 12.6 Å². The smallest absolute Gasteiger partial charge is 0.403 e. The molecule has 5 atom stereocenters. The molecule has 1 saturated heterocycles. The fraction of sp³-hybridized carbons (Fsp3) is 0.571. The molecule has 0 radical (unpaired) electrons. The van der Waals surface area contributed by atoms with Crippen molar-refractivity contribution in [3.63, 3.8) is 0 Å². The number of anilines is 1. The molecule has 2 aromatic heterocycles. The van der Waals surface area contributed by atoms with Crippen molar-refractivity contribution in [3.05, 3.63) is 12.7 Å². The van der Waals surface area contributed by atoms with Gasteiger partial charge in [-0.05, 0) is 0 Å². The number of nitrogen functional groups attached to an aromatic ring is 1. The van der Waals surface area contributed by atoms with Gasteiger partial charge >= 0.3 is 13.7 Å². The van der Waals surface area contributed by atoms with Crippen LogP contribution < -0.4 is 10.8 Å². The van der Waals surface area contributed by atoms with Crippen molar-refractivity contribution in [2.45, 2.75) is 31.0 Å². The first-order valence-corrected chi connectivity index (χ1v) is 10.0. The number of aliphatic hydroxyl groups excluding tert-OH is 2. The van der Waals surface area contributed by atoms with Crippen LogP contribution in [0.3, 0.4) is 0 Å². The second-order valence-corrected chi connectivity index (χ2v) is 7.79. The summed E-state index contributed by atoms with van der Waals surface area (Å²) in [6.07, 6.45) is -2.58. The van der Waals surface area contributed by atoms with E-state index in [0.717, 1.165) is 0 Å². The molecule has 0 saturated carbocycles. The minimum Gasteiger partial charge on any atom is -0.469 e. The number of carbonyl (C=O) groups is 1. The number of hydrogen-bond acceptors (Lipinski definition) is 11. The molecule has 0 aromatic carbocycles. The summed E-state index contributed by atoms with van der Waals surface area (Å²) in [6.45, 7) is -0.653. The third kappa shape index (κ3) is 4.70. The van der Waals surface area contributed by atoms with Gasteiger partial charge in [-0.2, -0.15) is 0 Å². The zero-order chi connectivity index (χ0) is 21.2. The average molecular weight is 432 g/mol. The molecule has 0 spiro atoms. The number of imidazole rings is 1. The number of methoxy groups -OCH3 is 1. The Bertz CT molecular complexity index is 925. The normalized spacial score (nSPS) is 26.5. The molecular formula is C14H21N6O8P. The molecule has 6 N–H and O–H groups in total. The SMILES string of the molecule is COC(=O)CCNP(=O)(O)OC[C@H]1O[C@@H](n2cnc3c(N)ncnc32)[C@H](O)[C@@H]1O. The van der Waals surface area contributed by atoms with Crippen molar-refractivity contribution in [2.75, 3.05) is 26.0 Å². The summed E-state index contributed by atoms with van der Waals surface area (Å²) in [5.41, 5.74) is 6.31. The minimum absolute atomic E-state index is 0.132. The van der Waals surface area contributed by atoms with Gasteiger partial charge in [0.2, 0.25) is 0 Å². The Hall–Kier alpha value is -2.19. The Balaban J connectivity index is 1.63. The lowest BCUT2D eigenvalue weighted by molar-refractivity contribution is -0.140. The molecule has 1 aliphatic heterocycles. The van der Waals surface area contributed by atoms with Gasteiger partial charge in [0.25, 0.3) is 0 Å². The molecule has 2 aromatic rings. The maximum absolute atomic E-state index is 12.0. The van der Waals surface area contributed by atoms with Crippen LogP contribution in [0, 0.1) is 0 Å². The van der Waals surface area contributed by atoms with Crippen LogP contribution in [0.5, 0.6) is 0 Å². The highest BCUT2D eigenvalue weighted by Gasteiger charge is 2.45. The Kier molecular flexibility index (Phi) is 6.43. The summed E-state index contributed by atoms with van der Waals surface area (Å²) in [5.74, 6) is -0.420. The van der Waals surface area contributed by atoms with Gasteiger partial charge in [-0.25, -0.2) is 24.6 Å². The summed E-state index contributed by atoms with van der Waals surface area (Å²) in [5, 5.41) is 22.8. The van der Waals surface area contributed by atoms with E-state index in [1.54, 1.807) is 0 Å². The maximum Gasteiger partial charge on any atom is 0.403 e. The molecule has 0 bridgehead atoms. The van der Waals surface area contributed by atoms with Gasteiger partial charge in [0, 0.05) is 6.54 Å². The summed E-state index contributed by atoms with van der Waals surface area (Å²) >= 11 is 0. The monoisotopic (exact) mass is 432 g/mol. The highest BCUT2D eigenvalue weighted by Crippen LogP contribution is 2.39. The number of aromatic nitrogens is 4. The van der Waals surface area contributed by atoms with Crippen LogP contribution in [0.2, 0.25) is 0 Å². The van der Waals surface area contributed by atoms with Crippen LogP contribution in [-0.2, 0) is 23.4 Å². The van der Waals surface area contributed by atoms with E-state index < -0.39 is 44.9 Å². The van der Waals surface area contributed by atoms with Gasteiger partial charge in [-0.3, -0.25) is 13.9 Å². The fourth-order valence-electron chi connectivity index (χ4n) is 2.77. The second-order valence-electron chi connectivity index (χ2n) is 6.18. The standard InChI is InChI=1S/C14H21N6O8P/c1-26-8(21)2-3-19-29(24,25)27-4-7-10(22)11(23)14(28-7)20-6-18-9-12(15)16-5-17-13(9)20/h5-7,10-11,14,22-23H,2-4H2,1H3,(H2,15,16,17)(H2,19,24,25)/t7-,10-,11-,14-/m1/s1. The largest absolute Gasteiger partial charge is 0.469 e. The molecule has 29 heavy (non-hydrogen) atoms. The number of carbonyl (C=O) groups excluding carboxylic acids is 1. The Labute approximate surface area is 164 Å². The number of ether oxygens (including phenoxy) is 2. The van der Waals surface area contributed by atoms with Crippen LogP contribution >= 0.6 is 7.75 Å². The first kappa shape index (κ1) is 21.5. The molecule has 3 rings (SSSR count). The van der Waals surface area contributed by atoms with Gasteiger partial charge in [0.05, 0.1) is 26.5 Å². The van der Waals surface area contributed by atoms with E-state index in [0.29, 0.717) is 5.52 Å². The Morgan fingerprint density at radius 1 is 1.38 bits per heavy atom. The minimum atomic E-state index is -4.27. The van der Waals surface area contributed by atoms with Gasteiger partial charge in [-0.1, -0.05) is 0 Å². The molecule has 0 aliphatic carbocycles. The zero-order valence-electron chi connectivity index (χ0n) is 15.3. The summed E-state index contributed by atoms with van der Waals surface area (Å²) < 4.78 is 28.3. The highest BCUT2D eigenvalue weighted by molar-refractivity contribution is 7.50. The lowest BCUT2D eigenvalue weighted by atomic mass is 10.1. The van der Waals surface area contributed by atoms with Crippen LogP contribution in [0.25, 0.3) is 11.2 Å². The first-order valence-electron chi connectivity index (χ1n) is 8.47. The zero-order valence-corrected chi connectivity index (χ0v) is 16.2. The van der Waals surface area contributed by atoms with Crippen molar-refractivity contribution >= 4 is 30.7 Å². The number of nitrogens with two attached hydrogens (primary N) is 1. The number of hydrogen-bond donors (Lipinski definition) is 5. The molecule has 1 aliphatic rings. The van der Waals surface area contributed by atoms with E-state index in [4.69, 9.17) is 15.0 Å². The number of esters is 1. The van der Waals surface area contributed by atoms with Gasteiger partial charge in [0.15, 0.2) is 17.7 Å². The molecule has 14 nitrogen and oxygen atoms in total. The number of nitrogens with one attached hydrogen (secondary N) is 1. The lowest BCUT2D eigenvalue weighted by Gasteiger charge is -2.18. The van der Waals surface area contributed by atoms with Crippen LogP contribution in [-0.4, -0.2) is 79.2 Å². The van der Waals surface area contributed by atoms with Crippen molar-refractivity contribution < 1.29 is 38.5 Å². The number of fused-ring (bicyclic) bond motifs is 1. The number of rotatable bonds is 8. The van der Waals surface area contributed by atoms with Gasteiger partial charge in [-0.15, -0.1) is 0 Å².